The highest BCUT2D eigenvalue weighted by Crippen LogP contribution is 2.35. The monoisotopic (exact) mass is 555 g/mol. The van der Waals surface area contributed by atoms with E-state index in [2.05, 4.69) is 78.4 Å². The number of benzene rings is 3. The summed E-state index contributed by atoms with van der Waals surface area (Å²) in [6.45, 7) is 13.8. The smallest absolute Gasteiger partial charge is 0.162 e. The van der Waals surface area contributed by atoms with Crippen molar-refractivity contribution in [1.82, 2.24) is 19.8 Å². The fraction of sp³-hybridized carbons (Fsp3) is 0.471. The van der Waals surface area contributed by atoms with Gasteiger partial charge in [0.2, 0.25) is 0 Å². The summed E-state index contributed by atoms with van der Waals surface area (Å²) >= 11 is 0. The van der Waals surface area contributed by atoms with Crippen LogP contribution < -0.4 is 14.8 Å². The molecular weight excluding hydrogens is 510 g/mol. The van der Waals surface area contributed by atoms with Crippen LogP contribution in [0.1, 0.15) is 46.5 Å². The molecule has 7 nitrogen and oxygen atoms in total. The molecule has 3 aromatic carbocycles. The van der Waals surface area contributed by atoms with Crippen LogP contribution in [-0.2, 0) is 0 Å². The van der Waals surface area contributed by atoms with Crippen LogP contribution in [0.4, 0.5) is 5.82 Å². The molecule has 1 aromatic heterocycles. The molecule has 1 aliphatic heterocycles. The third-order valence-electron chi connectivity index (χ3n) is 8.22. The van der Waals surface area contributed by atoms with Gasteiger partial charge in [-0.25, -0.2) is 9.97 Å². The molecule has 1 N–H and O–H groups in total. The van der Waals surface area contributed by atoms with Crippen molar-refractivity contribution < 1.29 is 9.47 Å². The lowest BCUT2D eigenvalue weighted by atomic mass is 10.0. The Morgan fingerprint density at radius 2 is 1.49 bits per heavy atom. The summed E-state index contributed by atoms with van der Waals surface area (Å²) in [4.78, 5) is 15.2. The Morgan fingerprint density at radius 1 is 0.780 bits per heavy atom. The van der Waals surface area contributed by atoms with E-state index in [4.69, 9.17) is 19.4 Å². The van der Waals surface area contributed by atoms with Crippen LogP contribution in [0.2, 0.25) is 0 Å². The molecule has 1 fully saturated rings. The average molecular weight is 556 g/mol. The lowest BCUT2D eigenvalue weighted by molar-refractivity contribution is 0.0616. The van der Waals surface area contributed by atoms with Crippen molar-refractivity contribution >= 4 is 27.5 Å². The molecule has 218 valence electrons. The van der Waals surface area contributed by atoms with E-state index >= 15 is 0 Å². The number of ether oxygens (including phenoxy) is 2. The molecule has 2 heterocycles. The summed E-state index contributed by atoms with van der Waals surface area (Å²) in [6, 6.07) is 18.7. The van der Waals surface area contributed by atoms with Crippen LogP contribution in [-0.4, -0.2) is 78.8 Å². The minimum absolute atomic E-state index is 0.279. The second kappa shape index (κ2) is 13.0. The first-order valence-corrected chi connectivity index (χ1v) is 15.0. The normalized spacial score (nSPS) is 15.0. The maximum Gasteiger partial charge on any atom is 0.162 e. The van der Waals surface area contributed by atoms with E-state index in [-0.39, 0.29) is 5.54 Å². The predicted molar refractivity (Wildman–Crippen MR) is 170 cm³/mol. The topological polar surface area (TPSA) is 62.8 Å². The van der Waals surface area contributed by atoms with Gasteiger partial charge in [0.25, 0.3) is 0 Å². The van der Waals surface area contributed by atoms with Crippen LogP contribution in [0, 0.1) is 0 Å². The average Bonchev–Trinajstić information content (AvgIpc) is 2.99. The molecule has 0 aliphatic carbocycles. The van der Waals surface area contributed by atoms with Crippen LogP contribution >= 0.6 is 0 Å². The summed E-state index contributed by atoms with van der Waals surface area (Å²) < 4.78 is 11.2. The zero-order valence-corrected chi connectivity index (χ0v) is 25.4. The standard InChI is InChI=1S/C34H45N5O2/c1-34(2,3)39-20-18-38(19-21-39)17-11-7-6-10-16-35-33-28-23-30(40-4)31(41-5)24-29(28)36-32(37-33)27-15-14-25-12-8-9-13-26(25)22-27/h8-9,12-15,22-24H,6-7,10-11,16-21H2,1-5H3,(H,35,36,37). The lowest BCUT2D eigenvalue weighted by Gasteiger charge is -2.42. The zero-order chi connectivity index (χ0) is 28.8. The molecule has 0 atom stereocenters. The van der Waals surface area contributed by atoms with Crippen LogP contribution in [0.15, 0.2) is 54.6 Å². The van der Waals surface area contributed by atoms with Gasteiger partial charge in [-0.05, 0) is 63.1 Å². The number of aromatic nitrogens is 2. The molecule has 4 aromatic rings. The zero-order valence-electron chi connectivity index (χ0n) is 25.4. The second-order valence-corrected chi connectivity index (χ2v) is 12.0. The number of hydrogen-bond acceptors (Lipinski definition) is 7. The van der Waals surface area contributed by atoms with Gasteiger partial charge in [0.1, 0.15) is 5.82 Å². The van der Waals surface area contributed by atoms with E-state index in [9.17, 15) is 0 Å². The van der Waals surface area contributed by atoms with E-state index in [0.29, 0.717) is 17.3 Å². The molecule has 1 saturated heterocycles. The number of anilines is 1. The summed E-state index contributed by atoms with van der Waals surface area (Å²) in [7, 11) is 3.31. The Labute approximate surface area is 244 Å². The van der Waals surface area contributed by atoms with Crippen molar-refractivity contribution in [2.45, 2.75) is 52.0 Å². The van der Waals surface area contributed by atoms with Gasteiger partial charge >= 0.3 is 0 Å². The van der Waals surface area contributed by atoms with Crippen molar-refractivity contribution in [1.29, 1.82) is 0 Å². The number of fused-ring (bicyclic) bond motifs is 2. The number of unbranched alkanes of at least 4 members (excludes halogenated alkanes) is 3. The highest BCUT2D eigenvalue weighted by molar-refractivity contribution is 5.94. The molecule has 1 aliphatic rings. The fourth-order valence-corrected chi connectivity index (χ4v) is 5.71. The maximum absolute atomic E-state index is 5.59. The predicted octanol–water partition coefficient (Wildman–Crippen LogP) is 6.86. The van der Waals surface area contributed by atoms with Gasteiger partial charge in [-0.1, -0.05) is 49.2 Å². The van der Waals surface area contributed by atoms with Crippen molar-refractivity contribution in [3.8, 4) is 22.9 Å². The number of nitrogens with zero attached hydrogens (tertiary/aromatic N) is 4. The molecule has 0 spiro atoms. The molecular formula is C34H45N5O2. The molecule has 0 bridgehead atoms. The Kier molecular flexibility index (Phi) is 9.25. The summed E-state index contributed by atoms with van der Waals surface area (Å²) in [5.74, 6) is 2.86. The number of piperazine rings is 1. The van der Waals surface area contributed by atoms with Gasteiger partial charge < -0.3 is 19.7 Å². The first kappa shape index (κ1) is 29.1. The van der Waals surface area contributed by atoms with Gasteiger partial charge in [0.05, 0.1) is 19.7 Å². The van der Waals surface area contributed by atoms with Crippen molar-refractivity contribution in [3.05, 3.63) is 54.6 Å². The van der Waals surface area contributed by atoms with Gasteiger partial charge in [-0.2, -0.15) is 0 Å². The van der Waals surface area contributed by atoms with Gasteiger partial charge in [-0.3, -0.25) is 4.90 Å². The Balaban J connectivity index is 1.22. The minimum atomic E-state index is 0.279. The summed E-state index contributed by atoms with van der Waals surface area (Å²) in [5.41, 5.74) is 2.10. The van der Waals surface area contributed by atoms with E-state index in [0.717, 1.165) is 35.2 Å². The Hall–Kier alpha value is -3.42. The maximum atomic E-state index is 5.59. The van der Waals surface area contributed by atoms with Crippen LogP contribution in [0.3, 0.4) is 0 Å². The lowest BCUT2D eigenvalue weighted by Crippen LogP contribution is -2.53. The van der Waals surface area contributed by atoms with E-state index < -0.39 is 0 Å². The summed E-state index contributed by atoms with van der Waals surface area (Å²) in [5, 5.41) is 6.93. The first-order valence-electron chi connectivity index (χ1n) is 15.0. The highest BCUT2D eigenvalue weighted by Gasteiger charge is 2.25. The van der Waals surface area contributed by atoms with Crippen molar-refractivity contribution in [3.63, 3.8) is 0 Å². The molecule has 7 heteroatoms. The molecule has 41 heavy (non-hydrogen) atoms. The minimum Gasteiger partial charge on any atom is -0.493 e. The number of nitrogens with one attached hydrogen (secondary N) is 1. The number of rotatable bonds is 11. The Morgan fingerprint density at radius 3 is 2.22 bits per heavy atom. The number of hydrogen-bond donors (Lipinski definition) is 1. The van der Waals surface area contributed by atoms with Gasteiger partial charge in [0, 0.05) is 55.3 Å². The van der Waals surface area contributed by atoms with E-state index in [1.165, 1.54) is 62.8 Å². The summed E-state index contributed by atoms with van der Waals surface area (Å²) in [6.07, 6.45) is 4.81. The molecule has 0 unspecified atom stereocenters. The van der Waals surface area contributed by atoms with Crippen molar-refractivity contribution in [2.75, 3.05) is 58.8 Å². The molecule has 0 amide bonds. The van der Waals surface area contributed by atoms with Gasteiger partial charge in [0.15, 0.2) is 17.3 Å². The fourth-order valence-electron chi connectivity index (χ4n) is 5.71. The molecule has 5 rings (SSSR count). The third kappa shape index (κ3) is 7.08. The van der Waals surface area contributed by atoms with Crippen molar-refractivity contribution in [2.24, 2.45) is 0 Å². The highest BCUT2D eigenvalue weighted by atomic mass is 16.5. The number of methoxy groups -OCH3 is 2. The largest absolute Gasteiger partial charge is 0.493 e. The van der Waals surface area contributed by atoms with E-state index in [1.807, 2.05) is 12.1 Å². The van der Waals surface area contributed by atoms with E-state index in [1.54, 1.807) is 14.2 Å². The quantitative estimate of drug-likeness (QED) is 0.203. The third-order valence-corrected chi connectivity index (χ3v) is 8.22. The van der Waals surface area contributed by atoms with Crippen LogP contribution in [0.25, 0.3) is 33.1 Å². The Bertz CT molecular complexity index is 1460. The molecule has 0 saturated carbocycles. The van der Waals surface area contributed by atoms with Crippen LogP contribution in [0.5, 0.6) is 11.5 Å². The first-order chi connectivity index (χ1) is 19.9. The second-order valence-electron chi connectivity index (χ2n) is 12.0. The molecule has 0 radical (unpaired) electrons. The van der Waals surface area contributed by atoms with Gasteiger partial charge in [-0.15, -0.1) is 0 Å². The SMILES string of the molecule is COc1cc2nc(-c3ccc4ccccc4c3)nc(NCCCCCCN3CCN(C(C)(C)C)CC3)c2cc1OC.